The standard InChI is InChI=1S/2C13H17NO.C12H16N2O.2C12H15NO.C12H15N.2C11H14N2.C11H13NO2/c2*1-8(2)11-6-9(3)13-10(7-11)4-5-12(15)14-13;1-7(2)9-5-8(3)11-10(6-9)14(4)12(15)13-11;2*1-7(2)9-4-8(3)12-10(5-9)6-11(14)13-12;1-8(2)11-6-9(3)12-10(7-11)4-5-13-12;2*1-7(2)9-4-8(3)11-10(5-9)6-12-13-11;1-6(2)8-4-7(3)10-9(5-8)14-11(13)12-10/h2*6-8H,4-5H2,1-3H3,(H,14,15);5-7H,1-4H3,(H,13,15);2*4-5,7H,6H2,1-3H3,(H,13,14);4-8,13H,1-3H3;2*4-7H,1-3H3,(H,12,13);4-6H,1-3H3,(H,12,13). The molecule has 9 N–H and O–H groups in total. The minimum atomic E-state index is -0.385. The van der Waals surface area contributed by atoms with Gasteiger partial charge in [0.05, 0.1) is 52.8 Å². The van der Waals surface area contributed by atoms with Crippen molar-refractivity contribution in [3.05, 3.63) is 277 Å². The minimum absolute atomic E-state index is 0.0472. The Balaban J connectivity index is 0.000000148. The number of imidazole rings is 1. The molecule has 14 aromatic rings. The minimum Gasteiger partial charge on any atom is -0.408 e. The second kappa shape index (κ2) is 41.8. The maximum Gasteiger partial charge on any atom is 0.417 e. The van der Waals surface area contributed by atoms with Crippen LogP contribution in [0.1, 0.15) is 313 Å². The summed E-state index contributed by atoms with van der Waals surface area (Å²) in [6.45, 7) is 58.0. The van der Waals surface area contributed by atoms with Crippen molar-refractivity contribution in [2.45, 2.75) is 279 Å². The Bertz CT molecular complexity index is 6040. The first-order valence-electron chi connectivity index (χ1n) is 44.9. The molecule has 5 aromatic heterocycles. The number of carbonyl (C=O) groups is 4. The van der Waals surface area contributed by atoms with E-state index >= 15 is 0 Å². The second-order valence-electron chi connectivity index (χ2n) is 37.5. The summed E-state index contributed by atoms with van der Waals surface area (Å²) in [5, 5.41) is 29.5. The van der Waals surface area contributed by atoms with Gasteiger partial charge in [-0.15, -0.1) is 0 Å². The van der Waals surface area contributed by atoms with Crippen LogP contribution in [0.15, 0.2) is 148 Å². The number of benzene rings is 9. The van der Waals surface area contributed by atoms with Gasteiger partial charge in [-0.1, -0.05) is 203 Å². The molecule has 18 rings (SSSR count). The molecule has 19 nitrogen and oxygen atoms in total. The highest BCUT2D eigenvalue weighted by Crippen LogP contribution is 2.37. The van der Waals surface area contributed by atoms with Crippen LogP contribution in [0.5, 0.6) is 0 Å². The molecule has 0 spiro atoms. The summed E-state index contributed by atoms with van der Waals surface area (Å²) in [4.78, 5) is 76.3. The maximum atomic E-state index is 11.5. The molecule has 0 aliphatic carbocycles. The van der Waals surface area contributed by atoms with Crippen molar-refractivity contribution in [1.29, 1.82) is 0 Å². The molecule has 4 amide bonds. The van der Waals surface area contributed by atoms with Crippen LogP contribution >= 0.6 is 0 Å². The molecular formula is C107H136N12O7. The predicted octanol–water partition coefficient (Wildman–Crippen LogP) is 25.7. The number of amides is 4. The van der Waals surface area contributed by atoms with Crippen LogP contribution < -0.4 is 32.7 Å². The van der Waals surface area contributed by atoms with Crippen molar-refractivity contribution in [2.75, 3.05) is 21.3 Å². The fraction of sp³-hybridized carbons (Fsp3) is 0.402. The van der Waals surface area contributed by atoms with Crippen molar-refractivity contribution in [1.82, 2.24) is 39.9 Å². The molecule has 126 heavy (non-hydrogen) atoms. The van der Waals surface area contributed by atoms with Crippen molar-refractivity contribution < 1.29 is 23.6 Å². The number of H-pyrrole nitrogens is 5. The Kier molecular flexibility index (Phi) is 31.9. The molecule has 0 fully saturated rings. The van der Waals surface area contributed by atoms with Crippen LogP contribution in [0.2, 0.25) is 0 Å². The van der Waals surface area contributed by atoms with E-state index in [0.29, 0.717) is 84.5 Å². The third-order valence-electron chi connectivity index (χ3n) is 24.2. The first kappa shape index (κ1) is 96.1. The maximum absolute atomic E-state index is 11.5. The molecule has 4 aliphatic heterocycles. The Hall–Kier alpha value is -12.1. The van der Waals surface area contributed by atoms with E-state index in [-0.39, 0.29) is 35.1 Å². The fourth-order valence-corrected chi connectivity index (χ4v) is 16.3. The Morgan fingerprint density at radius 3 is 0.992 bits per heavy atom. The Morgan fingerprint density at radius 1 is 0.310 bits per heavy atom. The lowest BCUT2D eigenvalue weighted by molar-refractivity contribution is -0.117. The van der Waals surface area contributed by atoms with Crippen molar-refractivity contribution in [3.63, 3.8) is 0 Å². The lowest BCUT2D eigenvalue weighted by Gasteiger charge is -2.21. The number of hydrogen-bond acceptors (Lipinski definition) is 9. The number of oxazole rings is 1. The number of anilines is 4. The highest BCUT2D eigenvalue weighted by atomic mass is 16.4. The zero-order valence-corrected chi connectivity index (χ0v) is 79.8. The van der Waals surface area contributed by atoms with E-state index in [1.54, 1.807) is 11.6 Å². The molecule has 0 radical (unpaired) electrons. The number of nitrogens with zero attached hydrogens (tertiary/aromatic N) is 3. The fourth-order valence-electron chi connectivity index (χ4n) is 16.3. The van der Waals surface area contributed by atoms with Crippen molar-refractivity contribution in [2.24, 2.45) is 7.05 Å². The Labute approximate surface area is 744 Å². The van der Waals surface area contributed by atoms with Gasteiger partial charge in [-0.3, -0.25) is 38.9 Å². The summed E-state index contributed by atoms with van der Waals surface area (Å²) < 4.78 is 6.69. The number of hydrogen-bond donors (Lipinski definition) is 9. The van der Waals surface area contributed by atoms with Crippen LogP contribution in [0.25, 0.3) is 54.8 Å². The monoisotopic (exact) mass is 1700 g/mol. The first-order valence-corrected chi connectivity index (χ1v) is 44.9. The third kappa shape index (κ3) is 23.9. The van der Waals surface area contributed by atoms with Gasteiger partial charge in [0.2, 0.25) is 23.6 Å². The molecule has 0 unspecified atom stereocenters. The number of carbonyl (C=O) groups excluding carboxylic acids is 4. The second-order valence-corrected chi connectivity index (χ2v) is 37.5. The smallest absolute Gasteiger partial charge is 0.408 e. The molecule has 0 saturated heterocycles. The number of nitrogens with one attached hydrogen (secondary N) is 9. The number of fused-ring (bicyclic) bond motifs is 9. The van der Waals surface area contributed by atoms with Gasteiger partial charge < -0.3 is 35.7 Å². The van der Waals surface area contributed by atoms with E-state index < -0.39 is 0 Å². The number of aromatic amines is 5. The van der Waals surface area contributed by atoms with Gasteiger partial charge in [-0.2, -0.15) is 10.2 Å². The molecule has 0 atom stereocenters. The lowest BCUT2D eigenvalue weighted by atomic mass is 9.92. The molecule has 666 valence electrons. The van der Waals surface area contributed by atoms with E-state index in [2.05, 4.69) is 339 Å². The zero-order chi connectivity index (χ0) is 92.3. The van der Waals surface area contributed by atoms with Gasteiger partial charge in [-0.05, 0) is 293 Å². The summed E-state index contributed by atoms with van der Waals surface area (Å²) >= 11 is 0. The summed E-state index contributed by atoms with van der Waals surface area (Å²) in [6, 6.07) is 41.2. The predicted molar refractivity (Wildman–Crippen MR) is 525 cm³/mol. The highest BCUT2D eigenvalue weighted by molar-refractivity contribution is 6.01. The van der Waals surface area contributed by atoms with Gasteiger partial charge in [0.1, 0.15) is 0 Å². The van der Waals surface area contributed by atoms with E-state index in [9.17, 15) is 28.8 Å². The molecule has 0 bridgehead atoms. The number of aromatic nitrogens is 8. The zero-order valence-electron chi connectivity index (χ0n) is 79.8. The summed E-state index contributed by atoms with van der Waals surface area (Å²) in [5.41, 5.74) is 38.8. The van der Waals surface area contributed by atoms with Crippen LogP contribution in [0.3, 0.4) is 0 Å². The summed E-state index contributed by atoms with van der Waals surface area (Å²) in [7, 11) is 1.80. The first-order chi connectivity index (χ1) is 59.4. The van der Waals surface area contributed by atoms with E-state index in [1.165, 1.54) is 122 Å². The molecule has 9 aromatic carbocycles. The highest BCUT2D eigenvalue weighted by Gasteiger charge is 2.25. The van der Waals surface area contributed by atoms with Crippen LogP contribution in [-0.4, -0.2) is 63.5 Å². The van der Waals surface area contributed by atoms with Crippen LogP contribution in [0.4, 0.5) is 22.7 Å². The van der Waals surface area contributed by atoms with Crippen LogP contribution in [-0.2, 0) is 51.9 Å². The average molecular weight is 1700 g/mol. The summed E-state index contributed by atoms with van der Waals surface area (Å²) in [6.07, 6.45) is 9.84. The molecule has 19 heteroatoms. The van der Waals surface area contributed by atoms with Gasteiger partial charge in [0.15, 0.2) is 5.58 Å². The number of rotatable bonds is 9. The van der Waals surface area contributed by atoms with Crippen molar-refractivity contribution >= 4 is 101 Å². The van der Waals surface area contributed by atoms with Gasteiger partial charge in [-0.25, -0.2) is 9.59 Å². The third-order valence-corrected chi connectivity index (χ3v) is 24.2. The molecule has 9 heterocycles. The number of aryl methyl sites for hydroxylation is 12. The molecule has 4 aliphatic rings. The molecule has 0 saturated carbocycles. The topological polar surface area (TPSA) is 273 Å². The average Bonchev–Trinajstić information content (AvgIpc) is 1.63. The van der Waals surface area contributed by atoms with Crippen molar-refractivity contribution in [3.8, 4) is 0 Å². The van der Waals surface area contributed by atoms with Crippen LogP contribution in [0, 0.1) is 62.3 Å². The van der Waals surface area contributed by atoms with E-state index in [0.717, 1.165) is 85.4 Å². The Morgan fingerprint density at radius 2 is 0.611 bits per heavy atom. The quantitative estimate of drug-likeness (QED) is 0.0664. The van der Waals surface area contributed by atoms with E-state index in [4.69, 9.17) is 4.42 Å². The largest absolute Gasteiger partial charge is 0.417 e. The van der Waals surface area contributed by atoms with Gasteiger partial charge >= 0.3 is 11.4 Å². The normalized spacial score (nSPS) is 13.0. The van der Waals surface area contributed by atoms with E-state index in [1.807, 2.05) is 38.5 Å². The van der Waals surface area contributed by atoms with Gasteiger partial charge in [0.25, 0.3) is 0 Å². The molecular weight excluding hydrogens is 1570 g/mol. The SMILES string of the molecule is Cc1cc(C(C)C)cc2c1NC(=O)C2.Cc1cc(C(C)C)cc2c1NC(=O)C2.Cc1cc(C(C)C)cc2c1NC(=O)CC2.Cc1cc(C(C)C)cc2c1NC(=O)CC2.Cc1cc(C(C)C)cc2c1[nH]c(=O)n2C.Cc1cc(C(C)C)cc2cc[nH]c12.Cc1cc(C(C)C)cc2cn[nH]c12.Cc1cc(C(C)C)cc2cn[nH]c12.Cc1cc(C(C)C)cc2oc(=O)[nH]c12. The lowest BCUT2D eigenvalue weighted by Crippen LogP contribution is -2.20. The summed E-state index contributed by atoms with van der Waals surface area (Å²) in [5.74, 6) is 4.97. The van der Waals surface area contributed by atoms with Gasteiger partial charge in [0, 0.05) is 65.1 Å².